The average molecular weight is 426 g/mol. The first-order valence-electron chi connectivity index (χ1n) is 10.4. The Morgan fingerprint density at radius 1 is 1.13 bits per heavy atom. The van der Waals surface area contributed by atoms with Crippen molar-refractivity contribution >= 4 is 5.97 Å². The largest absolute Gasteiger partial charge is 0.481 e. The van der Waals surface area contributed by atoms with Gasteiger partial charge in [-0.1, -0.05) is 36.8 Å². The molecule has 0 aliphatic rings. The quantitative estimate of drug-likeness (QED) is 0.476. The number of hydrogen-bond acceptors (Lipinski definition) is 5. The van der Waals surface area contributed by atoms with Gasteiger partial charge in [0.2, 0.25) is 0 Å². The number of hydrogen-bond donors (Lipinski definition) is 2. The molecule has 1 atom stereocenters. The molecule has 0 amide bonds. The number of halogens is 1. The molecule has 8 heteroatoms. The summed E-state index contributed by atoms with van der Waals surface area (Å²) in [5.74, 6) is -0.428. The molecule has 0 aliphatic carbocycles. The number of benzene rings is 2. The molecule has 3 rings (SSSR count). The number of unbranched alkanes of at least 4 members (excludes halogenated alkanes) is 1. The molecule has 2 aromatic carbocycles. The minimum absolute atomic E-state index is 0.121. The molecule has 0 spiro atoms. The van der Waals surface area contributed by atoms with Crippen LogP contribution >= 0.6 is 0 Å². The minimum atomic E-state index is -0.804. The van der Waals surface area contributed by atoms with Crippen molar-refractivity contribution in [2.75, 3.05) is 0 Å². The van der Waals surface area contributed by atoms with Crippen molar-refractivity contribution in [2.45, 2.75) is 58.5 Å². The fourth-order valence-electron chi connectivity index (χ4n) is 3.75. The van der Waals surface area contributed by atoms with Gasteiger partial charge in [-0.15, -0.1) is 5.10 Å². The number of aromatic nitrogens is 4. The van der Waals surface area contributed by atoms with E-state index in [0.29, 0.717) is 31.6 Å². The Bertz CT molecular complexity index is 1010. The van der Waals surface area contributed by atoms with Crippen molar-refractivity contribution in [1.29, 1.82) is 0 Å². The minimum Gasteiger partial charge on any atom is -0.481 e. The molecule has 7 nitrogen and oxygen atoms in total. The first-order chi connectivity index (χ1) is 14.8. The van der Waals surface area contributed by atoms with Gasteiger partial charge in [0.05, 0.1) is 11.2 Å². The number of carboxylic acids is 1. The SMILES string of the molecule is Cc1cccc(C)c1-n1nnnc1C(C)(CCCCC(=O)O)NCc1ccc(F)cc1. The van der Waals surface area contributed by atoms with E-state index in [9.17, 15) is 9.18 Å². The van der Waals surface area contributed by atoms with Crippen molar-refractivity contribution in [2.24, 2.45) is 0 Å². The van der Waals surface area contributed by atoms with Crippen LogP contribution in [0, 0.1) is 19.7 Å². The zero-order valence-corrected chi connectivity index (χ0v) is 18.1. The fraction of sp³-hybridized carbons (Fsp3) is 0.391. The van der Waals surface area contributed by atoms with E-state index < -0.39 is 11.5 Å². The number of para-hydroxylation sites is 1. The standard InChI is InChI=1S/C23H28FN5O2/c1-16-7-6-8-17(2)21(16)29-22(26-27-28-29)23(3,14-5-4-9-20(30)31)25-15-18-10-12-19(24)13-11-18/h6-8,10-13,25H,4-5,9,14-15H2,1-3H3,(H,30,31). The smallest absolute Gasteiger partial charge is 0.303 e. The molecule has 31 heavy (non-hydrogen) atoms. The van der Waals surface area contributed by atoms with E-state index in [2.05, 4.69) is 20.8 Å². The van der Waals surface area contributed by atoms with E-state index in [4.69, 9.17) is 5.11 Å². The number of aliphatic carboxylic acids is 1. The van der Waals surface area contributed by atoms with E-state index >= 15 is 0 Å². The predicted octanol–water partition coefficient (Wildman–Crippen LogP) is 4.07. The second-order valence-corrected chi connectivity index (χ2v) is 8.07. The van der Waals surface area contributed by atoms with E-state index in [1.807, 2.05) is 39.0 Å². The van der Waals surface area contributed by atoms with Gasteiger partial charge >= 0.3 is 5.97 Å². The summed E-state index contributed by atoms with van der Waals surface area (Å²) in [4.78, 5) is 10.9. The van der Waals surface area contributed by atoms with Crippen LogP contribution in [0.1, 0.15) is 55.1 Å². The van der Waals surface area contributed by atoms with Gasteiger partial charge in [-0.05, 0) is 72.9 Å². The molecule has 164 valence electrons. The van der Waals surface area contributed by atoms with Crippen molar-refractivity contribution in [3.05, 3.63) is 70.8 Å². The summed E-state index contributed by atoms with van der Waals surface area (Å²) >= 11 is 0. The van der Waals surface area contributed by atoms with Crippen LogP contribution in [0.3, 0.4) is 0 Å². The van der Waals surface area contributed by atoms with Gasteiger partial charge in [0.1, 0.15) is 5.82 Å². The van der Waals surface area contributed by atoms with Gasteiger partial charge in [-0.3, -0.25) is 4.79 Å². The summed E-state index contributed by atoms with van der Waals surface area (Å²) in [6, 6.07) is 12.4. The van der Waals surface area contributed by atoms with Gasteiger partial charge in [-0.25, -0.2) is 4.39 Å². The normalized spacial score (nSPS) is 13.2. The number of carbonyl (C=O) groups is 1. The Kier molecular flexibility index (Phi) is 7.12. The van der Waals surface area contributed by atoms with Gasteiger partial charge in [0.25, 0.3) is 0 Å². The summed E-state index contributed by atoms with van der Waals surface area (Å²) in [7, 11) is 0. The lowest BCUT2D eigenvalue weighted by atomic mass is 9.92. The summed E-state index contributed by atoms with van der Waals surface area (Å²) in [6.07, 6.45) is 2.02. The molecule has 2 N–H and O–H groups in total. The Balaban J connectivity index is 1.91. The van der Waals surface area contributed by atoms with Crippen LogP contribution in [-0.2, 0) is 16.9 Å². The lowest BCUT2D eigenvalue weighted by Crippen LogP contribution is -2.41. The van der Waals surface area contributed by atoms with E-state index in [1.165, 1.54) is 12.1 Å². The second-order valence-electron chi connectivity index (χ2n) is 8.07. The lowest BCUT2D eigenvalue weighted by Gasteiger charge is -2.30. The maximum Gasteiger partial charge on any atom is 0.303 e. The van der Waals surface area contributed by atoms with Crippen molar-refractivity contribution in [3.63, 3.8) is 0 Å². The first-order valence-corrected chi connectivity index (χ1v) is 10.4. The Labute approximate surface area is 181 Å². The highest BCUT2D eigenvalue weighted by Gasteiger charge is 2.33. The molecule has 0 aliphatic heterocycles. The Hall–Kier alpha value is -3.13. The van der Waals surface area contributed by atoms with Gasteiger partial charge in [-0.2, -0.15) is 4.68 Å². The number of rotatable bonds is 10. The third-order valence-corrected chi connectivity index (χ3v) is 5.53. The van der Waals surface area contributed by atoms with Crippen molar-refractivity contribution in [3.8, 4) is 5.69 Å². The number of tetrazole rings is 1. The van der Waals surface area contributed by atoms with Gasteiger partial charge in [0, 0.05) is 13.0 Å². The zero-order chi connectivity index (χ0) is 22.4. The molecular weight excluding hydrogens is 397 g/mol. The summed E-state index contributed by atoms with van der Waals surface area (Å²) in [6.45, 7) is 6.55. The number of aryl methyl sites for hydroxylation is 2. The molecule has 1 heterocycles. The topological polar surface area (TPSA) is 92.9 Å². The monoisotopic (exact) mass is 425 g/mol. The molecule has 0 fully saturated rings. The summed E-state index contributed by atoms with van der Waals surface area (Å²) < 4.78 is 15.0. The van der Waals surface area contributed by atoms with Crippen LogP contribution < -0.4 is 5.32 Å². The van der Waals surface area contributed by atoms with Crippen LogP contribution in [0.2, 0.25) is 0 Å². The summed E-state index contributed by atoms with van der Waals surface area (Å²) in [5, 5.41) is 25.1. The van der Waals surface area contributed by atoms with Gasteiger partial charge in [0.15, 0.2) is 5.82 Å². The predicted molar refractivity (Wildman–Crippen MR) is 115 cm³/mol. The maximum atomic E-state index is 13.3. The molecule has 0 saturated heterocycles. The molecule has 0 saturated carbocycles. The molecule has 3 aromatic rings. The first kappa shape index (κ1) is 22.6. The highest BCUT2D eigenvalue weighted by atomic mass is 19.1. The number of carboxylic acid groups (broad SMARTS) is 1. The summed E-state index contributed by atoms with van der Waals surface area (Å²) in [5.41, 5.74) is 3.36. The number of nitrogens with one attached hydrogen (secondary N) is 1. The molecule has 1 unspecified atom stereocenters. The number of nitrogens with zero attached hydrogens (tertiary/aromatic N) is 4. The molecule has 0 radical (unpaired) electrons. The van der Waals surface area contributed by atoms with E-state index in [0.717, 1.165) is 22.4 Å². The van der Waals surface area contributed by atoms with Crippen LogP contribution in [-0.4, -0.2) is 31.3 Å². The Morgan fingerprint density at radius 3 is 2.45 bits per heavy atom. The van der Waals surface area contributed by atoms with Crippen LogP contribution in [0.5, 0.6) is 0 Å². The van der Waals surface area contributed by atoms with E-state index in [-0.39, 0.29) is 12.2 Å². The van der Waals surface area contributed by atoms with E-state index in [1.54, 1.807) is 16.8 Å². The molecule has 0 bridgehead atoms. The lowest BCUT2D eigenvalue weighted by molar-refractivity contribution is -0.137. The average Bonchev–Trinajstić information content (AvgIpc) is 3.21. The highest BCUT2D eigenvalue weighted by Crippen LogP contribution is 2.29. The van der Waals surface area contributed by atoms with Gasteiger partial charge < -0.3 is 10.4 Å². The Morgan fingerprint density at radius 2 is 1.81 bits per heavy atom. The zero-order valence-electron chi connectivity index (χ0n) is 18.1. The fourth-order valence-corrected chi connectivity index (χ4v) is 3.75. The maximum absolute atomic E-state index is 13.3. The second kappa shape index (κ2) is 9.78. The van der Waals surface area contributed by atoms with Crippen LogP contribution in [0.25, 0.3) is 5.69 Å². The van der Waals surface area contributed by atoms with Crippen molar-refractivity contribution < 1.29 is 14.3 Å². The van der Waals surface area contributed by atoms with Crippen molar-refractivity contribution in [1.82, 2.24) is 25.5 Å². The highest BCUT2D eigenvalue weighted by molar-refractivity contribution is 5.66. The third-order valence-electron chi connectivity index (χ3n) is 5.53. The molecule has 1 aromatic heterocycles. The van der Waals surface area contributed by atoms with Crippen LogP contribution in [0.15, 0.2) is 42.5 Å². The van der Waals surface area contributed by atoms with Crippen LogP contribution in [0.4, 0.5) is 4.39 Å². The molecular formula is C23H28FN5O2. The third kappa shape index (κ3) is 5.52.